The summed E-state index contributed by atoms with van der Waals surface area (Å²) < 4.78 is 2.39. The maximum absolute atomic E-state index is 12.1. The highest BCUT2D eigenvalue weighted by Gasteiger charge is 2.05. The lowest BCUT2D eigenvalue weighted by Crippen LogP contribution is -2.18. The second kappa shape index (κ2) is 7.79. The summed E-state index contributed by atoms with van der Waals surface area (Å²) in [5.41, 5.74) is 2.72. The van der Waals surface area contributed by atoms with Gasteiger partial charge in [0.2, 0.25) is 0 Å². The topological polar surface area (TPSA) is 63.6 Å². The summed E-state index contributed by atoms with van der Waals surface area (Å²) in [5, 5.41) is 0. The van der Waals surface area contributed by atoms with Crippen LogP contribution in [0.25, 0.3) is 0 Å². The lowest BCUT2D eigenvalue weighted by Gasteiger charge is -2.09. The van der Waals surface area contributed by atoms with Gasteiger partial charge in [-0.15, -0.1) is 0 Å². The Labute approximate surface area is 145 Å². The molecule has 1 N–H and O–H groups in total. The zero-order valence-corrected chi connectivity index (χ0v) is 14.0. The minimum absolute atomic E-state index is 0.150. The smallest absolute Gasteiger partial charge is 0.255 e. The third kappa shape index (κ3) is 4.23. The van der Waals surface area contributed by atoms with Gasteiger partial charge in [0, 0.05) is 37.1 Å². The van der Waals surface area contributed by atoms with Crippen molar-refractivity contribution in [1.29, 1.82) is 0 Å². The van der Waals surface area contributed by atoms with Gasteiger partial charge in [0.05, 0.1) is 0 Å². The Morgan fingerprint density at radius 2 is 1.83 bits per heavy atom. The second-order valence-electron chi connectivity index (χ2n) is 5.62. The summed E-state index contributed by atoms with van der Waals surface area (Å²) in [6, 6.07) is 10.3. The molecule has 0 spiro atoms. The van der Waals surface area contributed by atoms with E-state index in [2.05, 4.69) is 27.1 Å². The molecule has 0 bridgehead atoms. The predicted octanol–water partition coefficient (Wildman–Crippen LogP) is 2.92. The fraction of sp³-hybridized carbons (Fsp3) is 0.222. The van der Waals surface area contributed by atoms with Crippen molar-refractivity contribution >= 4 is 12.2 Å². The van der Waals surface area contributed by atoms with Crippen LogP contribution in [0.15, 0.2) is 60.0 Å². The first-order chi connectivity index (χ1) is 11.7. The molecule has 2 heterocycles. The van der Waals surface area contributed by atoms with Gasteiger partial charge in [-0.3, -0.25) is 9.78 Å². The summed E-state index contributed by atoms with van der Waals surface area (Å²) in [6.07, 6.45) is 9.18. The van der Waals surface area contributed by atoms with E-state index in [1.165, 1.54) is 11.9 Å². The number of hydrogen-bond donors (Lipinski definition) is 1. The molecule has 0 saturated heterocycles. The highest BCUT2D eigenvalue weighted by atomic mass is 32.1. The summed E-state index contributed by atoms with van der Waals surface area (Å²) in [4.78, 5) is 22.8. The van der Waals surface area contributed by atoms with Crippen molar-refractivity contribution in [3.63, 3.8) is 0 Å². The van der Waals surface area contributed by atoms with E-state index in [9.17, 15) is 4.79 Å². The quantitative estimate of drug-likeness (QED) is 0.702. The van der Waals surface area contributed by atoms with Crippen LogP contribution in [0, 0.1) is 4.77 Å². The standard InChI is InChI=1S/C18H18N4OS/c23-17-16(9-15-10-19-13-20-11-15)12-22(18(24)21-17)8-4-7-14-5-2-1-3-6-14/h1-3,5-6,10-13H,4,7-9H2,(H,21,23,24). The molecule has 0 aliphatic carbocycles. The number of benzene rings is 1. The van der Waals surface area contributed by atoms with Gasteiger partial charge in [-0.2, -0.15) is 0 Å². The van der Waals surface area contributed by atoms with Crippen LogP contribution in [0.2, 0.25) is 0 Å². The van der Waals surface area contributed by atoms with Gasteiger partial charge in [0.25, 0.3) is 5.56 Å². The first kappa shape index (κ1) is 16.3. The molecule has 0 radical (unpaired) electrons. The Bertz CT molecular complexity index is 904. The molecule has 24 heavy (non-hydrogen) atoms. The largest absolute Gasteiger partial charge is 0.325 e. The van der Waals surface area contributed by atoms with Crippen LogP contribution >= 0.6 is 12.2 Å². The molecular formula is C18H18N4OS. The Balaban J connectivity index is 1.72. The number of aromatic nitrogens is 4. The SMILES string of the molecule is O=c1[nH]c(=S)n(CCCc2ccccc2)cc1Cc1cncnc1. The van der Waals surface area contributed by atoms with Crippen molar-refractivity contribution in [1.82, 2.24) is 19.5 Å². The molecule has 0 unspecified atom stereocenters. The molecular weight excluding hydrogens is 320 g/mol. The molecule has 2 aromatic heterocycles. The number of rotatable bonds is 6. The number of aryl methyl sites for hydroxylation is 2. The minimum atomic E-state index is -0.150. The molecule has 122 valence electrons. The van der Waals surface area contributed by atoms with Crippen LogP contribution in [0.3, 0.4) is 0 Å². The van der Waals surface area contributed by atoms with Crippen LogP contribution in [0.1, 0.15) is 23.1 Å². The number of nitrogens with zero attached hydrogens (tertiary/aromatic N) is 3. The summed E-state index contributed by atoms with van der Waals surface area (Å²) >= 11 is 5.28. The lowest BCUT2D eigenvalue weighted by molar-refractivity contribution is 0.613. The van der Waals surface area contributed by atoms with E-state index < -0.39 is 0 Å². The van der Waals surface area contributed by atoms with E-state index in [1.807, 2.05) is 29.0 Å². The molecule has 0 aliphatic rings. The van der Waals surface area contributed by atoms with Gasteiger partial charge >= 0.3 is 0 Å². The van der Waals surface area contributed by atoms with Crippen molar-refractivity contribution in [3.05, 3.63) is 87.1 Å². The van der Waals surface area contributed by atoms with Crippen molar-refractivity contribution < 1.29 is 0 Å². The van der Waals surface area contributed by atoms with Crippen LogP contribution in [0.4, 0.5) is 0 Å². The molecule has 0 fully saturated rings. The van der Waals surface area contributed by atoms with E-state index >= 15 is 0 Å². The van der Waals surface area contributed by atoms with Crippen molar-refractivity contribution in [2.24, 2.45) is 0 Å². The molecule has 0 atom stereocenters. The highest BCUT2D eigenvalue weighted by molar-refractivity contribution is 7.71. The molecule has 0 amide bonds. The summed E-state index contributed by atoms with van der Waals surface area (Å²) in [5.74, 6) is 0. The number of nitrogens with one attached hydrogen (secondary N) is 1. The number of aromatic amines is 1. The predicted molar refractivity (Wildman–Crippen MR) is 95.5 cm³/mol. The van der Waals surface area contributed by atoms with E-state index in [1.54, 1.807) is 12.4 Å². The first-order valence-electron chi connectivity index (χ1n) is 7.83. The van der Waals surface area contributed by atoms with E-state index in [-0.39, 0.29) is 5.56 Å². The van der Waals surface area contributed by atoms with Crippen LogP contribution in [-0.4, -0.2) is 19.5 Å². The van der Waals surface area contributed by atoms with Gasteiger partial charge in [-0.25, -0.2) is 9.97 Å². The van der Waals surface area contributed by atoms with Gasteiger partial charge < -0.3 is 4.57 Å². The Kier molecular flexibility index (Phi) is 5.28. The first-order valence-corrected chi connectivity index (χ1v) is 8.23. The Morgan fingerprint density at radius 1 is 1.08 bits per heavy atom. The average Bonchev–Trinajstić information content (AvgIpc) is 2.60. The van der Waals surface area contributed by atoms with Crippen LogP contribution in [-0.2, 0) is 19.4 Å². The fourth-order valence-corrected chi connectivity index (χ4v) is 2.82. The molecule has 6 heteroatoms. The summed E-state index contributed by atoms with van der Waals surface area (Å²) in [6.45, 7) is 0.767. The maximum Gasteiger partial charge on any atom is 0.255 e. The van der Waals surface area contributed by atoms with Crippen LogP contribution in [0.5, 0.6) is 0 Å². The molecule has 0 aliphatic heterocycles. The summed E-state index contributed by atoms with van der Waals surface area (Å²) in [7, 11) is 0. The molecule has 5 nitrogen and oxygen atoms in total. The molecule has 0 saturated carbocycles. The molecule has 3 aromatic rings. The van der Waals surface area contributed by atoms with Gasteiger partial charge in [-0.1, -0.05) is 30.3 Å². The normalized spacial score (nSPS) is 10.7. The maximum atomic E-state index is 12.1. The van der Waals surface area contributed by atoms with Crippen molar-refractivity contribution in [2.75, 3.05) is 0 Å². The van der Waals surface area contributed by atoms with Crippen molar-refractivity contribution in [2.45, 2.75) is 25.8 Å². The monoisotopic (exact) mass is 338 g/mol. The fourth-order valence-electron chi connectivity index (χ4n) is 2.59. The Morgan fingerprint density at radius 3 is 2.58 bits per heavy atom. The van der Waals surface area contributed by atoms with E-state index in [0.717, 1.165) is 24.9 Å². The van der Waals surface area contributed by atoms with E-state index in [4.69, 9.17) is 12.2 Å². The third-order valence-electron chi connectivity index (χ3n) is 3.80. The van der Waals surface area contributed by atoms with Crippen molar-refractivity contribution in [3.8, 4) is 0 Å². The number of hydrogen-bond acceptors (Lipinski definition) is 4. The van der Waals surface area contributed by atoms with Gasteiger partial charge in [-0.05, 0) is 36.2 Å². The zero-order valence-electron chi connectivity index (χ0n) is 13.2. The van der Waals surface area contributed by atoms with Gasteiger partial charge in [0.15, 0.2) is 4.77 Å². The minimum Gasteiger partial charge on any atom is -0.325 e. The van der Waals surface area contributed by atoms with Gasteiger partial charge in [0.1, 0.15) is 6.33 Å². The third-order valence-corrected chi connectivity index (χ3v) is 4.14. The average molecular weight is 338 g/mol. The van der Waals surface area contributed by atoms with Crippen LogP contribution < -0.4 is 5.56 Å². The van der Waals surface area contributed by atoms with E-state index in [0.29, 0.717) is 16.8 Å². The molecule has 3 rings (SSSR count). The molecule has 1 aromatic carbocycles. The Hall–Kier alpha value is -2.60. The zero-order chi connectivity index (χ0) is 16.8. The lowest BCUT2D eigenvalue weighted by atomic mass is 10.1. The number of H-pyrrole nitrogens is 1. The highest BCUT2D eigenvalue weighted by Crippen LogP contribution is 2.06. The second-order valence-corrected chi connectivity index (χ2v) is 6.01.